The van der Waals surface area contributed by atoms with Crippen LogP contribution in [-0.2, 0) is 9.09 Å². The maximum absolute atomic E-state index is 11.7. The van der Waals surface area contributed by atoms with Crippen molar-refractivity contribution in [2.75, 3.05) is 13.3 Å². The molecule has 0 saturated heterocycles. The van der Waals surface area contributed by atoms with Crippen molar-refractivity contribution < 1.29 is 9.09 Å². The Bertz CT molecular complexity index is 272. The smallest absolute Gasteiger partial charge is 0.214 e. The van der Waals surface area contributed by atoms with Gasteiger partial charge < -0.3 is 4.52 Å². The lowest BCUT2D eigenvalue weighted by molar-refractivity contribution is 0.393. The van der Waals surface area contributed by atoms with E-state index in [-0.39, 0.29) is 5.66 Å². The minimum Gasteiger partial charge on any atom is -0.331 e. The predicted octanol–water partition coefficient (Wildman–Crippen LogP) is 1.87. The predicted molar refractivity (Wildman–Crippen MR) is 45.9 cm³/mol. The highest BCUT2D eigenvalue weighted by molar-refractivity contribution is 7.60. The monoisotopic (exact) mass is 170 g/mol. The van der Waals surface area contributed by atoms with Crippen molar-refractivity contribution in [2.45, 2.75) is 12.6 Å². The topological polar surface area (TPSA) is 26.3 Å². The fourth-order valence-corrected chi connectivity index (χ4v) is 2.99. The zero-order valence-electron chi connectivity index (χ0n) is 6.70. The highest BCUT2D eigenvalue weighted by atomic mass is 31.2. The number of hydrogen-bond acceptors (Lipinski definition) is 2. The van der Waals surface area contributed by atoms with Crippen LogP contribution in [0.5, 0.6) is 0 Å². The van der Waals surface area contributed by atoms with Gasteiger partial charge in [0.1, 0.15) is 0 Å². The summed E-state index contributed by atoms with van der Waals surface area (Å²) < 4.78 is 16.7. The van der Waals surface area contributed by atoms with Crippen molar-refractivity contribution in [3.63, 3.8) is 0 Å². The molecule has 0 aliphatic carbocycles. The zero-order chi connectivity index (χ0) is 8.48. The number of allylic oxidation sites excluding steroid dienone is 2. The summed E-state index contributed by atoms with van der Waals surface area (Å²) in [7, 11) is -0.973. The summed E-state index contributed by atoms with van der Waals surface area (Å²) in [4.78, 5) is 0. The first-order valence-corrected chi connectivity index (χ1v) is 5.32. The van der Waals surface area contributed by atoms with Gasteiger partial charge in [-0.25, -0.2) is 0 Å². The average molecular weight is 170 g/mol. The van der Waals surface area contributed by atoms with Crippen LogP contribution in [0.25, 0.3) is 0 Å². The highest BCUT2D eigenvalue weighted by Crippen LogP contribution is 2.56. The zero-order valence-corrected chi connectivity index (χ0v) is 7.60. The minimum atomic E-state index is -2.45. The Balaban J connectivity index is 2.87. The Labute approximate surface area is 67.1 Å². The Morgan fingerprint density at radius 3 is 2.82 bits per heavy atom. The van der Waals surface area contributed by atoms with Crippen LogP contribution in [0, 0.1) is 12.3 Å². The van der Waals surface area contributed by atoms with E-state index in [0.717, 1.165) is 5.57 Å². The SMILES string of the molecule is C#CC1=CC(C)P(=O)(OC)C1. The second kappa shape index (κ2) is 2.85. The molecule has 2 nitrogen and oxygen atoms in total. The molecule has 1 aliphatic rings. The van der Waals surface area contributed by atoms with Crippen LogP contribution in [0.4, 0.5) is 0 Å². The lowest BCUT2D eigenvalue weighted by Crippen LogP contribution is -1.97. The second-order valence-electron chi connectivity index (χ2n) is 2.64. The molecule has 0 amide bonds. The van der Waals surface area contributed by atoms with Gasteiger partial charge in [-0.05, 0) is 6.92 Å². The molecule has 0 aromatic heterocycles. The molecule has 0 N–H and O–H groups in total. The summed E-state index contributed by atoms with van der Waals surface area (Å²) in [6.45, 7) is 1.87. The summed E-state index contributed by atoms with van der Waals surface area (Å²) >= 11 is 0. The van der Waals surface area contributed by atoms with Gasteiger partial charge in [0.05, 0.1) is 11.8 Å². The number of terminal acetylenes is 1. The van der Waals surface area contributed by atoms with Crippen LogP contribution in [-0.4, -0.2) is 18.9 Å². The third kappa shape index (κ3) is 1.40. The van der Waals surface area contributed by atoms with Gasteiger partial charge in [0.15, 0.2) is 0 Å². The molecule has 2 unspecified atom stereocenters. The number of rotatable bonds is 1. The maximum Gasteiger partial charge on any atom is 0.214 e. The molecule has 11 heavy (non-hydrogen) atoms. The molecule has 3 heteroatoms. The molecule has 60 valence electrons. The first kappa shape index (κ1) is 8.59. The number of hydrogen-bond donors (Lipinski definition) is 0. The van der Waals surface area contributed by atoms with Gasteiger partial charge >= 0.3 is 0 Å². The molecule has 0 fully saturated rings. The van der Waals surface area contributed by atoms with Crippen LogP contribution in [0.3, 0.4) is 0 Å². The summed E-state index contributed by atoms with van der Waals surface area (Å²) in [6, 6.07) is 0. The van der Waals surface area contributed by atoms with E-state index in [9.17, 15) is 4.57 Å². The average Bonchev–Trinajstić information content (AvgIpc) is 2.29. The lowest BCUT2D eigenvalue weighted by Gasteiger charge is -2.13. The van der Waals surface area contributed by atoms with Crippen molar-refractivity contribution in [3.05, 3.63) is 11.6 Å². The first-order chi connectivity index (χ1) is 5.12. The summed E-state index contributed by atoms with van der Waals surface area (Å²) in [5.74, 6) is 2.49. The Kier molecular flexibility index (Phi) is 2.23. The molecular weight excluding hydrogens is 159 g/mol. The van der Waals surface area contributed by atoms with Crippen molar-refractivity contribution in [1.82, 2.24) is 0 Å². The fourth-order valence-electron chi connectivity index (χ4n) is 1.16. The largest absolute Gasteiger partial charge is 0.331 e. The quantitative estimate of drug-likeness (QED) is 0.443. The third-order valence-electron chi connectivity index (χ3n) is 1.95. The van der Waals surface area contributed by atoms with E-state index < -0.39 is 7.37 Å². The van der Waals surface area contributed by atoms with Gasteiger partial charge in [-0.15, -0.1) is 6.42 Å². The van der Waals surface area contributed by atoms with Crippen LogP contribution >= 0.6 is 7.37 Å². The van der Waals surface area contributed by atoms with E-state index in [4.69, 9.17) is 10.9 Å². The summed E-state index contributed by atoms with van der Waals surface area (Å²) in [5, 5.41) is 0. The van der Waals surface area contributed by atoms with Gasteiger partial charge in [-0.2, -0.15) is 0 Å². The molecule has 2 atom stereocenters. The molecule has 1 heterocycles. The first-order valence-electron chi connectivity index (χ1n) is 3.44. The Hall–Kier alpha value is -0.510. The molecule has 0 aromatic carbocycles. The Morgan fingerprint density at radius 1 is 1.91 bits per heavy atom. The van der Waals surface area contributed by atoms with Gasteiger partial charge in [0.25, 0.3) is 0 Å². The molecule has 0 saturated carbocycles. The van der Waals surface area contributed by atoms with Gasteiger partial charge in [-0.3, -0.25) is 4.57 Å². The minimum absolute atomic E-state index is 0.0152. The van der Waals surface area contributed by atoms with Crippen LogP contribution in [0.1, 0.15) is 6.92 Å². The highest BCUT2D eigenvalue weighted by Gasteiger charge is 2.34. The molecule has 0 radical (unpaired) electrons. The lowest BCUT2D eigenvalue weighted by atomic mass is 10.3. The molecular formula is C8H11O2P. The van der Waals surface area contributed by atoms with E-state index in [1.165, 1.54) is 7.11 Å². The second-order valence-corrected chi connectivity index (χ2v) is 5.59. The molecule has 0 spiro atoms. The normalized spacial score (nSPS) is 36.5. The Morgan fingerprint density at radius 2 is 2.55 bits per heavy atom. The summed E-state index contributed by atoms with van der Waals surface area (Å²) in [5.41, 5.74) is 0.793. The molecule has 1 rings (SSSR count). The van der Waals surface area contributed by atoms with Gasteiger partial charge in [-0.1, -0.05) is 12.0 Å². The third-order valence-corrected chi connectivity index (χ3v) is 4.74. The fraction of sp³-hybridized carbons (Fsp3) is 0.500. The van der Waals surface area contributed by atoms with Crippen LogP contribution in [0.15, 0.2) is 11.6 Å². The van der Waals surface area contributed by atoms with E-state index in [0.29, 0.717) is 6.16 Å². The standard InChI is InChI=1S/C8H11O2P/c1-4-8-5-7(2)11(9,6-8)10-3/h1,5,7H,6H2,2-3H3. The van der Waals surface area contributed by atoms with E-state index in [1.807, 2.05) is 13.0 Å². The van der Waals surface area contributed by atoms with Crippen LogP contribution in [0.2, 0.25) is 0 Å². The van der Waals surface area contributed by atoms with Gasteiger partial charge in [0, 0.05) is 12.7 Å². The van der Waals surface area contributed by atoms with Crippen molar-refractivity contribution >= 4 is 7.37 Å². The van der Waals surface area contributed by atoms with Crippen molar-refractivity contribution in [2.24, 2.45) is 0 Å². The van der Waals surface area contributed by atoms with E-state index in [1.54, 1.807) is 0 Å². The van der Waals surface area contributed by atoms with Crippen LogP contribution < -0.4 is 0 Å². The maximum atomic E-state index is 11.7. The summed E-state index contributed by atoms with van der Waals surface area (Å²) in [6.07, 6.45) is 7.46. The molecule has 0 aromatic rings. The van der Waals surface area contributed by atoms with E-state index >= 15 is 0 Å². The van der Waals surface area contributed by atoms with Crippen molar-refractivity contribution in [1.29, 1.82) is 0 Å². The van der Waals surface area contributed by atoms with Crippen molar-refractivity contribution in [3.8, 4) is 12.3 Å². The van der Waals surface area contributed by atoms with Gasteiger partial charge in [0.2, 0.25) is 7.37 Å². The molecule has 0 bridgehead atoms. The van der Waals surface area contributed by atoms with E-state index in [2.05, 4.69) is 5.92 Å². The molecule has 1 aliphatic heterocycles.